The fourth-order valence-corrected chi connectivity index (χ4v) is 4.77. The van der Waals surface area contributed by atoms with Crippen LogP contribution in [0.1, 0.15) is 39.6 Å². The van der Waals surface area contributed by atoms with Gasteiger partial charge in [0.2, 0.25) is 0 Å². The quantitative estimate of drug-likeness (QED) is 0.608. The van der Waals surface area contributed by atoms with Gasteiger partial charge in [-0.3, -0.25) is 14.8 Å². The highest BCUT2D eigenvalue weighted by atomic mass is 35.5. The number of carbonyl (C=O) groups excluding carboxylic acids is 1. The number of morpholine rings is 1. The first-order valence-corrected chi connectivity index (χ1v) is 11.5. The molecule has 0 spiro atoms. The molecule has 1 fully saturated rings. The Balaban J connectivity index is 1.46. The molecule has 5 rings (SSSR count). The van der Waals surface area contributed by atoms with Gasteiger partial charge in [0, 0.05) is 42.3 Å². The highest BCUT2D eigenvalue weighted by molar-refractivity contribution is 6.30. The Morgan fingerprint density at radius 1 is 1.06 bits per heavy atom. The molecule has 0 bridgehead atoms. The van der Waals surface area contributed by atoms with E-state index in [9.17, 15) is 4.79 Å². The Hall–Kier alpha value is -2.67. The molecule has 166 valence electrons. The minimum Gasteiger partial charge on any atom is -0.379 e. The lowest BCUT2D eigenvalue weighted by atomic mass is 9.96. The molecular weight excluding hydrogens is 424 g/mol. The average Bonchev–Trinajstić information content (AvgIpc) is 3.35. The third kappa shape index (κ3) is 4.06. The van der Waals surface area contributed by atoms with E-state index >= 15 is 0 Å². The van der Waals surface area contributed by atoms with Crippen molar-refractivity contribution in [1.82, 2.24) is 20.0 Å². The first-order chi connectivity index (χ1) is 15.6. The lowest BCUT2D eigenvalue weighted by Crippen LogP contribution is -2.38. The largest absolute Gasteiger partial charge is 0.379 e. The fourth-order valence-electron chi connectivity index (χ4n) is 4.64. The average molecular weight is 451 g/mol. The van der Waals surface area contributed by atoms with Crippen molar-refractivity contribution in [2.45, 2.75) is 19.4 Å². The summed E-state index contributed by atoms with van der Waals surface area (Å²) in [6.07, 6.45) is 0.910. The lowest BCUT2D eigenvalue weighted by molar-refractivity contribution is 0.0354. The summed E-state index contributed by atoms with van der Waals surface area (Å²) in [6, 6.07) is 15.9. The molecule has 1 unspecified atom stereocenters. The van der Waals surface area contributed by atoms with Crippen molar-refractivity contribution in [2.75, 3.05) is 39.4 Å². The van der Waals surface area contributed by atoms with Crippen molar-refractivity contribution in [1.29, 1.82) is 0 Å². The highest BCUT2D eigenvalue weighted by Crippen LogP contribution is 2.43. The van der Waals surface area contributed by atoms with E-state index in [4.69, 9.17) is 16.3 Å². The third-order valence-electron chi connectivity index (χ3n) is 6.35. The molecule has 6 nitrogen and oxygen atoms in total. The second-order valence-electron chi connectivity index (χ2n) is 8.49. The molecule has 32 heavy (non-hydrogen) atoms. The van der Waals surface area contributed by atoms with Crippen LogP contribution in [0, 0.1) is 6.92 Å². The highest BCUT2D eigenvalue weighted by Gasteiger charge is 2.41. The van der Waals surface area contributed by atoms with Crippen LogP contribution >= 0.6 is 11.6 Å². The van der Waals surface area contributed by atoms with Crippen molar-refractivity contribution >= 4 is 17.5 Å². The molecule has 7 heteroatoms. The minimum atomic E-state index is -0.186. The monoisotopic (exact) mass is 450 g/mol. The van der Waals surface area contributed by atoms with Crippen LogP contribution < -0.4 is 0 Å². The van der Waals surface area contributed by atoms with Gasteiger partial charge in [0.25, 0.3) is 5.91 Å². The summed E-state index contributed by atoms with van der Waals surface area (Å²) < 4.78 is 5.45. The number of H-pyrrole nitrogens is 1. The zero-order chi connectivity index (χ0) is 22.1. The number of nitrogens with zero attached hydrogens (tertiary/aromatic N) is 3. The van der Waals surface area contributed by atoms with Gasteiger partial charge >= 0.3 is 0 Å². The molecule has 1 atom stereocenters. The Bertz CT molecular complexity index is 1090. The second-order valence-corrected chi connectivity index (χ2v) is 8.92. The van der Waals surface area contributed by atoms with Crippen LogP contribution in [-0.4, -0.2) is 65.3 Å². The fraction of sp³-hybridized carbons (Fsp3) is 0.360. The number of benzene rings is 2. The third-order valence-corrected chi connectivity index (χ3v) is 6.60. The molecular formula is C25H27ClN4O2. The van der Waals surface area contributed by atoms with Crippen LogP contribution in [0.15, 0.2) is 48.5 Å². The maximum atomic E-state index is 13.4. The first-order valence-electron chi connectivity index (χ1n) is 11.1. The van der Waals surface area contributed by atoms with Gasteiger partial charge in [0.1, 0.15) is 5.69 Å². The van der Waals surface area contributed by atoms with Gasteiger partial charge in [-0.2, -0.15) is 5.10 Å². The molecule has 0 saturated carbocycles. The molecule has 3 aromatic rings. The number of aryl methyl sites for hydroxylation is 1. The summed E-state index contributed by atoms with van der Waals surface area (Å²) >= 11 is 6.16. The molecule has 2 aliphatic rings. The van der Waals surface area contributed by atoms with E-state index in [-0.39, 0.29) is 11.9 Å². The summed E-state index contributed by atoms with van der Waals surface area (Å²) in [5.41, 5.74) is 5.62. The van der Waals surface area contributed by atoms with E-state index in [1.807, 2.05) is 29.2 Å². The van der Waals surface area contributed by atoms with E-state index in [0.29, 0.717) is 17.3 Å². The van der Waals surface area contributed by atoms with Gasteiger partial charge < -0.3 is 9.64 Å². The molecule has 1 amide bonds. The van der Waals surface area contributed by atoms with Crippen LogP contribution in [0.25, 0.3) is 11.3 Å². The van der Waals surface area contributed by atoms with Gasteiger partial charge in [-0.05, 0) is 31.0 Å². The van der Waals surface area contributed by atoms with Crippen LogP contribution in [0.3, 0.4) is 0 Å². The number of aromatic amines is 1. The first kappa shape index (κ1) is 21.2. The van der Waals surface area contributed by atoms with Crippen LogP contribution in [0.2, 0.25) is 5.02 Å². The number of rotatable bonds is 6. The molecule has 1 aromatic heterocycles. The minimum absolute atomic E-state index is 0.00721. The Morgan fingerprint density at radius 3 is 2.50 bits per heavy atom. The van der Waals surface area contributed by atoms with Crippen molar-refractivity contribution in [3.63, 3.8) is 0 Å². The SMILES string of the molecule is Cc1ccc(-c2n[nH]c3c2C(c2ccc(Cl)cc2)N(CCCN2CCOCC2)C3=O)cc1. The van der Waals surface area contributed by atoms with Crippen molar-refractivity contribution in [3.05, 3.63) is 75.9 Å². The summed E-state index contributed by atoms with van der Waals surface area (Å²) in [4.78, 5) is 17.8. The maximum absolute atomic E-state index is 13.4. The van der Waals surface area contributed by atoms with Gasteiger partial charge in [-0.25, -0.2) is 0 Å². The van der Waals surface area contributed by atoms with Crippen molar-refractivity contribution < 1.29 is 9.53 Å². The number of halogens is 1. The number of hydrogen-bond donors (Lipinski definition) is 1. The number of amides is 1. The number of carbonyl (C=O) groups is 1. The lowest BCUT2D eigenvalue weighted by Gasteiger charge is -2.29. The number of fused-ring (bicyclic) bond motifs is 1. The molecule has 1 N–H and O–H groups in total. The number of ether oxygens (including phenoxy) is 1. The molecule has 0 radical (unpaired) electrons. The van der Waals surface area contributed by atoms with Crippen molar-refractivity contribution in [3.8, 4) is 11.3 Å². The Labute approximate surface area is 193 Å². The summed E-state index contributed by atoms with van der Waals surface area (Å²) in [5, 5.41) is 8.27. The van der Waals surface area contributed by atoms with E-state index in [1.54, 1.807) is 0 Å². The van der Waals surface area contributed by atoms with Crippen LogP contribution in [0.5, 0.6) is 0 Å². The Morgan fingerprint density at radius 2 is 1.78 bits per heavy atom. The number of nitrogens with one attached hydrogen (secondary N) is 1. The normalized spacial score (nSPS) is 18.9. The predicted octanol–water partition coefficient (Wildman–Crippen LogP) is 4.31. The summed E-state index contributed by atoms with van der Waals surface area (Å²) in [7, 11) is 0. The number of hydrogen-bond acceptors (Lipinski definition) is 4. The van der Waals surface area contributed by atoms with Crippen LogP contribution in [0.4, 0.5) is 0 Å². The van der Waals surface area contributed by atoms with Gasteiger partial charge in [-0.15, -0.1) is 0 Å². The van der Waals surface area contributed by atoms with Gasteiger partial charge in [0.05, 0.1) is 24.9 Å². The van der Waals surface area contributed by atoms with Gasteiger partial charge in [0.15, 0.2) is 0 Å². The predicted molar refractivity (Wildman–Crippen MR) is 125 cm³/mol. The Kier molecular flexibility index (Phi) is 6.00. The standard InChI is InChI=1S/C25H27ClN4O2/c1-17-3-5-18(6-4-17)22-21-23(28-27-22)25(31)30(12-2-11-29-13-15-32-16-14-29)24(21)19-7-9-20(26)10-8-19/h3-10,24H,2,11-16H2,1H3,(H,27,28). The second kappa shape index (κ2) is 9.06. The van der Waals surface area contributed by atoms with Crippen molar-refractivity contribution in [2.24, 2.45) is 0 Å². The smallest absolute Gasteiger partial charge is 0.273 e. The summed E-state index contributed by atoms with van der Waals surface area (Å²) in [5.74, 6) is 0.00721. The molecule has 2 aromatic carbocycles. The zero-order valence-corrected chi connectivity index (χ0v) is 18.9. The number of aromatic nitrogens is 2. The molecule has 3 heterocycles. The van der Waals surface area contributed by atoms with Gasteiger partial charge in [-0.1, -0.05) is 53.6 Å². The van der Waals surface area contributed by atoms with E-state index in [0.717, 1.165) is 61.7 Å². The molecule has 2 aliphatic heterocycles. The summed E-state index contributed by atoms with van der Waals surface area (Å²) in [6.45, 7) is 7.17. The van der Waals surface area contributed by atoms with Crippen LogP contribution in [-0.2, 0) is 4.74 Å². The molecule has 0 aliphatic carbocycles. The zero-order valence-electron chi connectivity index (χ0n) is 18.2. The van der Waals surface area contributed by atoms with E-state index in [2.05, 4.69) is 46.3 Å². The molecule has 1 saturated heterocycles. The van der Waals surface area contributed by atoms with E-state index < -0.39 is 0 Å². The maximum Gasteiger partial charge on any atom is 0.273 e. The van der Waals surface area contributed by atoms with E-state index in [1.165, 1.54) is 5.56 Å². The topological polar surface area (TPSA) is 61.5 Å².